The van der Waals surface area contributed by atoms with E-state index < -0.39 is 0 Å². The third-order valence-electron chi connectivity index (χ3n) is 2.26. The normalized spacial score (nSPS) is 10.4. The first-order valence-electron chi connectivity index (χ1n) is 5.33. The fraction of sp³-hybridized carbons (Fsp3) is 0.167. The van der Waals surface area contributed by atoms with E-state index in [9.17, 15) is 0 Å². The Labute approximate surface area is 133 Å². The molecule has 0 aliphatic carbocycles. The molecule has 0 amide bonds. The van der Waals surface area contributed by atoms with Crippen molar-refractivity contribution >= 4 is 55.9 Å². The molecule has 1 aromatic heterocycles. The lowest BCUT2D eigenvalue weighted by atomic mass is 10.2. The molecule has 0 radical (unpaired) electrons. The Morgan fingerprint density at radius 3 is 2.89 bits per heavy atom. The minimum absolute atomic E-state index is 0.676. The second-order valence-corrected chi connectivity index (χ2v) is 6.00. The van der Waals surface area contributed by atoms with Gasteiger partial charge in [0.05, 0.1) is 3.57 Å². The maximum Gasteiger partial charge on any atom is 0.162 e. The maximum absolute atomic E-state index is 5.93. The Bertz CT molecular complexity index is 577. The quantitative estimate of drug-likeness (QED) is 0.712. The number of rotatable bonds is 3. The van der Waals surface area contributed by atoms with Gasteiger partial charge in [-0.05, 0) is 63.6 Å². The van der Waals surface area contributed by atoms with Gasteiger partial charge in [0.15, 0.2) is 5.82 Å². The van der Waals surface area contributed by atoms with Crippen molar-refractivity contribution in [2.75, 3.05) is 11.9 Å². The number of nitrogens with one attached hydrogen (secondary N) is 1. The Balaban J connectivity index is 2.47. The molecule has 0 saturated heterocycles. The molecule has 6 heteroatoms. The average Bonchev–Trinajstić information content (AvgIpc) is 2.33. The molecular formula is C12H10BrClIN3. The lowest BCUT2D eigenvalue weighted by Gasteiger charge is -2.08. The number of anilines is 1. The van der Waals surface area contributed by atoms with Crippen molar-refractivity contribution in [2.24, 2.45) is 0 Å². The van der Waals surface area contributed by atoms with Gasteiger partial charge in [0.25, 0.3) is 0 Å². The molecule has 0 spiro atoms. The van der Waals surface area contributed by atoms with Crippen molar-refractivity contribution in [3.8, 4) is 11.4 Å². The largest absolute Gasteiger partial charge is 0.369 e. The van der Waals surface area contributed by atoms with Crippen molar-refractivity contribution in [2.45, 2.75) is 6.92 Å². The third kappa shape index (κ3) is 3.13. The van der Waals surface area contributed by atoms with Crippen LogP contribution in [0.15, 0.2) is 28.9 Å². The van der Waals surface area contributed by atoms with E-state index in [4.69, 9.17) is 11.6 Å². The van der Waals surface area contributed by atoms with E-state index in [-0.39, 0.29) is 0 Å². The minimum atomic E-state index is 0.676. The summed E-state index contributed by atoms with van der Waals surface area (Å²) in [5.74, 6) is 1.53. The molecule has 0 fully saturated rings. The Morgan fingerprint density at radius 1 is 1.44 bits per heavy atom. The SMILES string of the molecule is CCNc1nc(-c2ccc(Cl)cc2Br)ncc1I. The van der Waals surface area contributed by atoms with Crippen LogP contribution in [0.1, 0.15) is 6.92 Å². The lowest BCUT2D eigenvalue weighted by molar-refractivity contribution is 1.10. The topological polar surface area (TPSA) is 37.8 Å². The van der Waals surface area contributed by atoms with Gasteiger partial charge >= 0.3 is 0 Å². The van der Waals surface area contributed by atoms with Crippen LogP contribution >= 0.6 is 50.1 Å². The molecule has 18 heavy (non-hydrogen) atoms. The van der Waals surface area contributed by atoms with Crippen LogP contribution in [0, 0.1) is 3.57 Å². The van der Waals surface area contributed by atoms with Gasteiger partial charge in [0.1, 0.15) is 5.82 Å². The van der Waals surface area contributed by atoms with Crippen LogP contribution < -0.4 is 5.32 Å². The molecule has 0 saturated carbocycles. The molecule has 0 unspecified atom stereocenters. The smallest absolute Gasteiger partial charge is 0.162 e. The van der Waals surface area contributed by atoms with Crippen LogP contribution in [0.4, 0.5) is 5.82 Å². The second-order valence-electron chi connectivity index (χ2n) is 3.54. The van der Waals surface area contributed by atoms with Gasteiger partial charge in [-0.2, -0.15) is 0 Å². The summed E-state index contributed by atoms with van der Waals surface area (Å²) in [6.45, 7) is 2.87. The highest BCUT2D eigenvalue weighted by molar-refractivity contribution is 14.1. The summed E-state index contributed by atoms with van der Waals surface area (Å²) in [4.78, 5) is 8.87. The zero-order valence-corrected chi connectivity index (χ0v) is 14.0. The van der Waals surface area contributed by atoms with E-state index in [2.05, 4.69) is 53.8 Å². The van der Waals surface area contributed by atoms with Gasteiger partial charge < -0.3 is 5.32 Å². The maximum atomic E-state index is 5.93. The van der Waals surface area contributed by atoms with Gasteiger partial charge in [-0.3, -0.25) is 0 Å². The van der Waals surface area contributed by atoms with Crippen molar-refractivity contribution < 1.29 is 0 Å². The zero-order valence-electron chi connectivity index (χ0n) is 9.54. The van der Waals surface area contributed by atoms with Gasteiger partial charge in [0, 0.05) is 27.8 Å². The minimum Gasteiger partial charge on any atom is -0.369 e. The van der Waals surface area contributed by atoms with E-state index in [0.717, 1.165) is 26.0 Å². The van der Waals surface area contributed by atoms with Crippen LogP contribution in [0.25, 0.3) is 11.4 Å². The molecule has 3 nitrogen and oxygen atoms in total. The summed E-state index contributed by atoms with van der Waals surface area (Å²) in [5, 5.41) is 3.90. The average molecular weight is 438 g/mol. The summed E-state index contributed by atoms with van der Waals surface area (Å²) in [6.07, 6.45) is 1.81. The molecule has 2 aromatic rings. The van der Waals surface area contributed by atoms with E-state index in [1.165, 1.54) is 0 Å². The van der Waals surface area contributed by atoms with Gasteiger partial charge in [-0.15, -0.1) is 0 Å². The summed E-state index contributed by atoms with van der Waals surface area (Å²) < 4.78 is 1.89. The molecule has 0 aliphatic heterocycles. The van der Waals surface area contributed by atoms with Crippen molar-refractivity contribution in [3.05, 3.63) is 37.5 Å². The van der Waals surface area contributed by atoms with Crippen molar-refractivity contribution in [1.82, 2.24) is 9.97 Å². The molecule has 1 heterocycles. The number of hydrogen-bond acceptors (Lipinski definition) is 3. The van der Waals surface area contributed by atoms with Crippen LogP contribution in [0.2, 0.25) is 5.02 Å². The molecule has 2 rings (SSSR count). The first-order chi connectivity index (χ1) is 8.61. The monoisotopic (exact) mass is 437 g/mol. The van der Waals surface area contributed by atoms with E-state index in [1.807, 2.05) is 31.3 Å². The van der Waals surface area contributed by atoms with E-state index in [1.54, 1.807) is 0 Å². The Hall–Kier alpha value is -0.400. The predicted molar refractivity (Wildman–Crippen MR) is 87.1 cm³/mol. The number of benzene rings is 1. The van der Waals surface area contributed by atoms with Crippen LogP contribution in [0.5, 0.6) is 0 Å². The van der Waals surface area contributed by atoms with Gasteiger partial charge in [-0.1, -0.05) is 11.6 Å². The Kier molecular flexibility index (Phi) is 4.80. The predicted octanol–water partition coefficient (Wildman–Crippen LogP) is 4.60. The van der Waals surface area contributed by atoms with Gasteiger partial charge in [0.2, 0.25) is 0 Å². The zero-order chi connectivity index (χ0) is 13.1. The number of aromatic nitrogens is 2. The number of halogens is 3. The lowest BCUT2D eigenvalue weighted by Crippen LogP contribution is -2.03. The van der Waals surface area contributed by atoms with Crippen LogP contribution in [0.3, 0.4) is 0 Å². The molecule has 1 N–H and O–H groups in total. The highest BCUT2D eigenvalue weighted by atomic mass is 127. The molecule has 0 bridgehead atoms. The van der Waals surface area contributed by atoms with Gasteiger partial charge in [-0.25, -0.2) is 9.97 Å². The van der Waals surface area contributed by atoms with E-state index >= 15 is 0 Å². The van der Waals surface area contributed by atoms with Crippen molar-refractivity contribution in [3.63, 3.8) is 0 Å². The highest BCUT2D eigenvalue weighted by Gasteiger charge is 2.09. The second kappa shape index (κ2) is 6.16. The van der Waals surface area contributed by atoms with E-state index in [0.29, 0.717) is 10.8 Å². The van der Waals surface area contributed by atoms with Crippen LogP contribution in [-0.2, 0) is 0 Å². The standard InChI is InChI=1S/C12H10BrClIN3/c1-2-16-12-10(15)6-17-11(18-12)8-4-3-7(14)5-9(8)13/h3-6H,2H2,1H3,(H,16,17,18). The molecule has 1 aromatic carbocycles. The summed E-state index contributed by atoms with van der Waals surface area (Å²) in [7, 11) is 0. The van der Waals surface area contributed by atoms with Crippen LogP contribution in [-0.4, -0.2) is 16.5 Å². The van der Waals surface area contributed by atoms with Crippen molar-refractivity contribution in [1.29, 1.82) is 0 Å². The summed E-state index contributed by atoms with van der Waals surface area (Å²) in [5.41, 5.74) is 0.926. The molecule has 94 valence electrons. The Morgan fingerprint density at radius 2 is 2.22 bits per heavy atom. The molecule has 0 aliphatic rings. The first kappa shape index (κ1) is 14.0. The third-order valence-corrected chi connectivity index (χ3v) is 3.94. The fourth-order valence-corrected chi connectivity index (χ4v) is 2.77. The number of nitrogens with zero attached hydrogens (tertiary/aromatic N) is 2. The fourth-order valence-electron chi connectivity index (χ4n) is 1.46. The number of hydrogen-bond donors (Lipinski definition) is 1. The highest BCUT2D eigenvalue weighted by Crippen LogP contribution is 2.29. The first-order valence-corrected chi connectivity index (χ1v) is 7.58. The summed E-state index contributed by atoms with van der Waals surface area (Å²) in [6, 6.07) is 5.57. The molecular weight excluding hydrogens is 428 g/mol. The summed E-state index contributed by atoms with van der Waals surface area (Å²) >= 11 is 11.6. The molecule has 0 atom stereocenters.